The first-order valence-corrected chi connectivity index (χ1v) is 38.9. The van der Waals surface area contributed by atoms with Gasteiger partial charge in [-0.2, -0.15) is 0 Å². The summed E-state index contributed by atoms with van der Waals surface area (Å²) in [5.41, 5.74) is 0. The van der Waals surface area contributed by atoms with Gasteiger partial charge in [0, 0.05) is 25.7 Å². The molecular weight excluding hydrogens is 1160 g/mol. The Kier molecular flexibility index (Phi) is 58.7. The Balaban J connectivity index is 5.21. The summed E-state index contributed by atoms with van der Waals surface area (Å²) in [5.74, 6) is -0.00863. The van der Waals surface area contributed by atoms with Crippen molar-refractivity contribution in [2.24, 2.45) is 17.8 Å². The zero-order valence-corrected chi connectivity index (χ0v) is 59.0. The minimum Gasteiger partial charge on any atom is -0.462 e. The van der Waals surface area contributed by atoms with Gasteiger partial charge in [0.05, 0.1) is 26.4 Å². The van der Waals surface area contributed by atoms with E-state index in [2.05, 4.69) is 48.5 Å². The fourth-order valence-corrected chi connectivity index (χ4v) is 11.9. The zero-order chi connectivity index (χ0) is 65.2. The van der Waals surface area contributed by atoms with E-state index in [4.69, 9.17) is 37.0 Å². The maximum Gasteiger partial charge on any atom is 0.472 e. The zero-order valence-electron chi connectivity index (χ0n) is 57.2. The highest BCUT2D eigenvalue weighted by molar-refractivity contribution is 7.47. The Morgan fingerprint density at radius 1 is 0.330 bits per heavy atom. The molecular formula is C69H134O17P2. The number of esters is 4. The molecule has 522 valence electrons. The quantitative estimate of drug-likeness (QED) is 0.0222. The minimum atomic E-state index is -4.95. The highest BCUT2D eigenvalue weighted by atomic mass is 31.2. The largest absolute Gasteiger partial charge is 0.472 e. The molecule has 0 amide bonds. The van der Waals surface area contributed by atoms with Crippen LogP contribution in [0, 0.1) is 17.8 Å². The van der Waals surface area contributed by atoms with Crippen molar-refractivity contribution in [2.75, 3.05) is 39.6 Å². The lowest BCUT2D eigenvalue weighted by molar-refractivity contribution is -0.161. The molecule has 88 heavy (non-hydrogen) atoms. The van der Waals surface area contributed by atoms with Gasteiger partial charge in [0.15, 0.2) is 12.2 Å². The van der Waals surface area contributed by atoms with Crippen LogP contribution in [0.3, 0.4) is 0 Å². The number of hydrogen-bond donors (Lipinski definition) is 3. The second-order valence-electron chi connectivity index (χ2n) is 26.1. The van der Waals surface area contributed by atoms with Gasteiger partial charge in [-0.1, -0.05) is 292 Å². The number of ether oxygens (including phenoxy) is 4. The second kappa shape index (κ2) is 60.0. The summed E-state index contributed by atoms with van der Waals surface area (Å²) in [6.07, 6.45) is 43.4. The molecule has 0 bridgehead atoms. The van der Waals surface area contributed by atoms with Gasteiger partial charge in [0.25, 0.3) is 0 Å². The maximum atomic E-state index is 13.0. The number of carbonyl (C=O) groups excluding carboxylic acids is 4. The minimum absolute atomic E-state index is 0.101. The van der Waals surface area contributed by atoms with Crippen LogP contribution in [0.1, 0.15) is 344 Å². The second-order valence-corrected chi connectivity index (χ2v) is 29.0. The van der Waals surface area contributed by atoms with Crippen LogP contribution in [-0.4, -0.2) is 96.7 Å². The standard InChI is InChI=1S/C69H134O17P2/c1-8-10-11-12-13-14-15-16-17-18-19-20-21-22-23-28-38-45-52-68(73)85-64(56-79-66(71)50-43-36-27-25-24-26-35-42-49-62(7)9-2)58-83-87(75,76)81-54-63(70)55-82-88(77,78)84-59-65(86-69(74)53-46-39-32-30-34-41-48-61(5)6)57-80-67(72)51-44-37-31-29-33-40-47-60(3)4/h60-65,70H,8-59H2,1-7H3,(H,75,76)(H,77,78)/t62?,63-,64-,65-/m1/s1. The number of aliphatic hydroxyl groups is 1. The number of rotatable bonds is 67. The summed E-state index contributed by atoms with van der Waals surface area (Å²) in [5, 5.41) is 10.6. The number of aliphatic hydroxyl groups excluding tert-OH is 1. The van der Waals surface area contributed by atoms with Gasteiger partial charge in [0.2, 0.25) is 0 Å². The van der Waals surface area contributed by atoms with E-state index < -0.39 is 97.5 Å². The van der Waals surface area contributed by atoms with Crippen LogP contribution >= 0.6 is 15.6 Å². The van der Waals surface area contributed by atoms with E-state index >= 15 is 0 Å². The highest BCUT2D eigenvalue weighted by Gasteiger charge is 2.30. The Morgan fingerprint density at radius 2 is 0.580 bits per heavy atom. The summed E-state index contributed by atoms with van der Waals surface area (Å²) in [6.45, 7) is 11.7. The van der Waals surface area contributed by atoms with Crippen molar-refractivity contribution in [1.82, 2.24) is 0 Å². The molecule has 0 fully saturated rings. The van der Waals surface area contributed by atoms with E-state index in [1.807, 2.05) is 0 Å². The summed E-state index contributed by atoms with van der Waals surface area (Å²) < 4.78 is 68.1. The molecule has 0 saturated carbocycles. The van der Waals surface area contributed by atoms with Gasteiger partial charge in [-0.15, -0.1) is 0 Å². The molecule has 3 unspecified atom stereocenters. The molecule has 3 N–H and O–H groups in total. The summed E-state index contributed by atoms with van der Waals surface area (Å²) in [6, 6.07) is 0. The van der Waals surface area contributed by atoms with Crippen molar-refractivity contribution in [1.29, 1.82) is 0 Å². The molecule has 0 saturated heterocycles. The Bertz CT molecular complexity index is 1730. The van der Waals surface area contributed by atoms with E-state index in [1.165, 1.54) is 148 Å². The average molecular weight is 1300 g/mol. The molecule has 0 aromatic carbocycles. The first-order chi connectivity index (χ1) is 42.3. The maximum absolute atomic E-state index is 13.0. The molecule has 0 aromatic rings. The first-order valence-electron chi connectivity index (χ1n) is 35.9. The fraction of sp³-hybridized carbons (Fsp3) is 0.942. The molecule has 17 nitrogen and oxygen atoms in total. The molecule has 0 aliphatic rings. The summed E-state index contributed by atoms with van der Waals surface area (Å²) in [4.78, 5) is 72.4. The van der Waals surface area contributed by atoms with Gasteiger partial charge < -0.3 is 33.8 Å². The van der Waals surface area contributed by atoms with E-state index in [0.29, 0.717) is 37.5 Å². The number of phosphoric ester groups is 2. The number of phosphoric acid groups is 2. The van der Waals surface area contributed by atoms with Crippen LogP contribution in [0.15, 0.2) is 0 Å². The van der Waals surface area contributed by atoms with Gasteiger partial charge in [-0.05, 0) is 43.4 Å². The van der Waals surface area contributed by atoms with E-state index in [0.717, 1.165) is 102 Å². The Hall–Kier alpha value is -1.94. The average Bonchev–Trinajstić information content (AvgIpc) is 3.46. The van der Waals surface area contributed by atoms with Gasteiger partial charge >= 0.3 is 39.5 Å². The predicted octanol–water partition coefficient (Wildman–Crippen LogP) is 19.5. The summed E-state index contributed by atoms with van der Waals surface area (Å²) >= 11 is 0. The molecule has 0 heterocycles. The molecule has 6 atom stereocenters. The molecule has 19 heteroatoms. The highest BCUT2D eigenvalue weighted by Crippen LogP contribution is 2.45. The molecule has 0 radical (unpaired) electrons. The van der Waals surface area contributed by atoms with Crippen LogP contribution < -0.4 is 0 Å². The lowest BCUT2D eigenvalue weighted by atomic mass is 9.99. The van der Waals surface area contributed by atoms with Gasteiger partial charge in [-0.25, -0.2) is 9.13 Å². The SMILES string of the molecule is CCCCCCCCCCCCCCCCCCCCC(=O)O[C@H](COC(=O)CCCCCCCCCCC(C)CC)COP(=O)(O)OC[C@@H](O)COP(=O)(O)OC[C@@H](COC(=O)CCCCCCCCC(C)C)OC(=O)CCCCCCCCC(C)C. The van der Waals surface area contributed by atoms with Crippen molar-refractivity contribution in [3.8, 4) is 0 Å². The first kappa shape index (κ1) is 86.1. The summed E-state index contributed by atoms with van der Waals surface area (Å²) in [7, 11) is -9.90. The molecule has 0 aliphatic carbocycles. The molecule has 0 spiro atoms. The third-order valence-electron chi connectivity index (χ3n) is 16.2. The van der Waals surface area contributed by atoms with Crippen molar-refractivity contribution in [3.63, 3.8) is 0 Å². The third-order valence-corrected chi connectivity index (χ3v) is 18.1. The third kappa shape index (κ3) is 61.6. The number of unbranched alkanes of at least 4 members (excludes halogenated alkanes) is 34. The molecule has 0 aromatic heterocycles. The number of hydrogen-bond acceptors (Lipinski definition) is 15. The van der Waals surface area contributed by atoms with Crippen molar-refractivity contribution >= 4 is 39.5 Å². The van der Waals surface area contributed by atoms with Crippen LogP contribution in [0.25, 0.3) is 0 Å². The predicted molar refractivity (Wildman–Crippen MR) is 354 cm³/mol. The topological polar surface area (TPSA) is 237 Å². The lowest BCUT2D eigenvalue weighted by Gasteiger charge is -2.21. The van der Waals surface area contributed by atoms with E-state index in [9.17, 15) is 43.2 Å². The Labute approximate surface area is 537 Å². The smallest absolute Gasteiger partial charge is 0.462 e. The van der Waals surface area contributed by atoms with Crippen molar-refractivity contribution in [3.05, 3.63) is 0 Å². The van der Waals surface area contributed by atoms with Crippen molar-refractivity contribution in [2.45, 2.75) is 362 Å². The fourth-order valence-electron chi connectivity index (χ4n) is 10.3. The van der Waals surface area contributed by atoms with Gasteiger partial charge in [-0.3, -0.25) is 37.3 Å². The Morgan fingerprint density at radius 3 is 0.864 bits per heavy atom. The molecule has 0 aliphatic heterocycles. The van der Waals surface area contributed by atoms with Crippen LogP contribution in [0.2, 0.25) is 0 Å². The van der Waals surface area contributed by atoms with E-state index in [1.54, 1.807) is 0 Å². The monoisotopic (exact) mass is 1300 g/mol. The van der Waals surface area contributed by atoms with Crippen LogP contribution in [0.4, 0.5) is 0 Å². The normalized spacial score (nSPS) is 14.5. The van der Waals surface area contributed by atoms with Crippen LogP contribution in [-0.2, 0) is 65.4 Å². The van der Waals surface area contributed by atoms with Crippen molar-refractivity contribution < 1.29 is 80.2 Å². The van der Waals surface area contributed by atoms with Gasteiger partial charge in [0.1, 0.15) is 19.3 Å². The van der Waals surface area contributed by atoms with Crippen LogP contribution in [0.5, 0.6) is 0 Å². The van der Waals surface area contributed by atoms with E-state index in [-0.39, 0.29) is 25.7 Å². The lowest BCUT2D eigenvalue weighted by Crippen LogP contribution is -2.30. The molecule has 0 rings (SSSR count). The number of carbonyl (C=O) groups is 4.